The first-order valence-corrected chi connectivity index (χ1v) is 8.25. The first-order valence-electron chi connectivity index (χ1n) is 8.25. The highest BCUT2D eigenvalue weighted by molar-refractivity contribution is 5.41. The Morgan fingerprint density at radius 1 is 1.20 bits per heavy atom. The van der Waals surface area contributed by atoms with Gasteiger partial charge in [-0.15, -0.1) is 0 Å². The molecular formula is C18H29NO. The van der Waals surface area contributed by atoms with Crippen LogP contribution >= 0.6 is 0 Å². The molecule has 0 radical (unpaired) electrons. The lowest BCUT2D eigenvalue weighted by molar-refractivity contribution is 0.254. The minimum atomic E-state index is 0.183. The zero-order valence-electron chi connectivity index (χ0n) is 13.0. The van der Waals surface area contributed by atoms with Crippen molar-refractivity contribution in [3.05, 3.63) is 29.3 Å². The van der Waals surface area contributed by atoms with E-state index in [-0.39, 0.29) is 6.04 Å². The third-order valence-electron chi connectivity index (χ3n) is 4.22. The highest BCUT2D eigenvalue weighted by atomic mass is 16.5. The van der Waals surface area contributed by atoms with Crippen molar-refractivity contribution in [2.75, 3.05) is 0 Å². The van der Waals surface area contributed by atoms with Gasteiger partial charge in [-0.2, -0.15) is 0 Å². The van der Waals surface area contributed by atoms with Crippen LogP contribution in [0.15, 0.2) is 18.2 Å². The molecule has 1 aliphatic rings. The van der Waals surface area contributed by atoms with Crippen molar-refractivity contribution in [2.45, 2.75) is 77.4 Å². The molecule has 0 saturated heterocycles. The fourth-order valence-corrected chi connectivity index (χ4v) is 2.98. The number of hydrogen-bond donors (Lipinski definition) is 1. The van der Waals surface area contributed by atoms with Gasteiger partial charge in [-0.1, -0.05) is 57.6 Å². The third kappa shape index (κ3) is 4.24. The molecule has 2 rings (SSSR count). The topological polar surface area (TPSA) is 35.2 Å². The molecule has 0 spiro atoms. The molecule has 112 valence electrons. The zero-order chi connectivity index (χ0) is 14.4. The summed E-state index contributed by atoms with van der Waals surface area (Å²) in [6.45, 7) is 4.38. The van der Waals surface area contributed by atoms with Gasteiger partial charge in [0.05, 0.1) is 0 Å². The lowest BCUT2D eigenvalue weighted by atomic mass is 9.97. The minimum absolute atomic E-state index is 0.183. The maximum atomic E-state index is 6.32. The van der Waals surface area contributed by atoms with E-state index >= 15 is 0 Å². The molecule has 1 aromatic carbocycles. The van der Waals surface area contributed by atoms with Gasteiger partial charge in [-0.3, -0.25) is 0 Å². The van der Waals surface area contributed by atoms with Crippen molar-refractivity contribution in [3.63, 3.8) is 0 Å². The van der Waals surface area contributed by atoms with Gasteiger partial charge in [0.15, 0.2) is 0 Å². The Morgan fingerprint density at radius 2 is 1.95 bits per heavy atom. The van der Waals surface area contributed by atoms with E-state index in [4.69, 9.17) is 10.5 Å². The first kappa shape index (κ1) is 15.4. The zero-order valence-corrected chi connectivity index (χ0v) is 13.0. The Labute approximate surface area is 123 Å². The average Bonchev–Trinajstić information content (AvgIpc) is 2.81. The fourth-order valence-electron chi connectivity index (χ4n) is 2.98. The molecule has 2 heteroatoms. The number of rotatable bonds is 8. The van der Waals surface area contributed by atoms with Crippen LogP contribution < -0.4 is 10.5 Å². The summed E-state index contributed by atoms with van der Waals surface area (Å²) in [6, 6.07) is 6.66. The SMILES string of the molecule is CCCCCCCCC(N)c1ccc2c(c1)CC(C)O2. The summed E-state index contributed by atoms with van der Waals surface area (Å²) in [6.07, 6.45) is 10.4. The molecule has 2 atom stereocenters. The summed E-state index contributed by atoms with van der Waals surface area (Å²) in [5, 5.41) is 0. The summed E-state index contributed by atoms with van der Waals surface area (Å²) in [5.74, 6) is 1.05. The smallest absolute Gasteiger partial charge is 0.123 e. The molecule has 1 heterocycles. The average molecular weight is 275 g/mol. The van der Waals surface area contributed by atoms with Crippen molar-refractivity contribution in [3.8, 4) is 5.75 Å². The normalized spacial score (nSPS) is 18.6. The van der Waals surface area contributed by atoms with Crippen molar-refractivity contribution in [2.24, 2.45) is 5.73 Å². The lowest BCUT2D eigenvalue weighted by Gasteiger charge is -2.13. The molecule has 2 N–H and O–H groups in total. The second kappa shape index (κ2) is 7.68. The summed E-state index contributed by atoms with van der Waals surface area (Å²) in [7, 11) is 0. The molecule has 1 aliphatic heterocycles. The van der Waals surface area contributed by atoms with E-state index in [1.807, 2.05) is 0 Å². The summed E-state index contributed by atoms with van der Waals surface area (Å²) >= 11 is 0. The number of ether oxygens (including phenoxy) is 1. The number of hydrogen-bond acceptors (Lipinski definition) is 2. The molecule has 2 unspecified atom stereocenters. The highest BCUT2D eigenvalue weighted by Crippen LogP contribution is 2.31. The van der Waals surface area contributed by atoms with Gasteiger partial charge in [-0.25, -0.2) is 0 Å². The minimum Gasteiger partial charge on any atom is -0.490 e. The van der Waals surface area contributed by atoms with E-state index in [0.717, 1.165) is 18.6 Å². The quantitative estimate of drug-likeness (QED) is 0.694. The fraction of sp³-hybridized carbons (Fsp3) is 0.667. The lowest BCUT2D eigenvalue weighted by Crippen LogP contribution is -2.10. The van der Waals surface area contributed by atoms with E-state index in [2.05, 4.69) is 32.0 Å². The van der Waals surface area contributed by atoms with E-state index in [1.165, 1.54) is 49.7 Å². The van der Waals surface area contributed by atoms with Crippen LogP contribution in [-0.2, 0) is 6.42 Å². The Kier molecular flexibility index (Phi) is 5.90. The van der Waals surface area contributed by atoms with Crippen LogP contribution in [0.4, 0.5) is 0 Å². The Balaban J connectivity index is 1.76. The molecule has 1 aromatic rings. The van der Waals surface area contributed by atoms with E-state index in [0.29, 0.717) is 6.10 Å². The van der Waals surface area contributed by atoms with Crippen LogP contribution in [0.3, 0.4) is 0 Å². The van der Waals surface area contributed by atoms with E-state index < -0.39 is 0 Å². The molecule has 0 saturated carbocycles. The number of nitrogens with two attached hydrogens (primary N) is 1. The summed E-state index contributed by atoms with van der Waals surface area (Å²) in [5.41, 5.74) is 8.92. The molecule has 0 bridgehead atoms. The van der Waals surface area contributed by atoms with Crippen molar-refractivity contribution in [1.29, 1.82) is 0 Å². The standard InChI is InChI=1S/C18H29NO/c1-3-4-5-6-7-8-9-17(19)15-10-11-18-16(13-15)12-14(2)20-18/h10-11,13-14,17H,3-9,12,19H2,1-2H3. The van der Waals surface area contributed by atoms with Crippen LogP contribution in [0.5, 0.6) is 5.75 Å². The molecule has 0 fully saturated rings. The first-order chi connectivity index (χ1) is 9.70. The predicted octanol–water partition coefficient (Wildman–Crippen LogP) is 4.76. The van der Waals surface area contributed by atoms with Gasteiger partial charge in [0.25, 0.3) is 0 Å². The maximum Gasteiger partial charge on any atom is 0.123 e. The van der Waals surface area contributed by atoms with Crippen LogP contribution in [0.1, 0.15) is 76.0 Å². The predicted molar refractivity (Wildman–Crippen MR) is 85.2 cm³/mol. The summed E-state index contributed by atoms with van der Waals surface area (Å²) in [4.78, 5) is 0. The van der Waals surface area contributed by atoms with Gasteiger partial charge < -0.3 is 10.5 Å². The molecule has 0 aromatic heterocycles. The number of unbranched alkanes of at least 4 members (excludes halogenated alkanes) is 5. The molecule has 2 nitrogen and oxygen atoms in total. The van der Waals surface area contributed by atoms with Gasteiger partial charge in [0, 0.05) is 12.5 Å². The van der Waals surface area contributed by atoms with E-state index in [1.54, 1.807) is 0 Å². The van der Waals surface area contributed by atoms with Crippen LogP contribution in [0.2, 0.25) is 0 Å². The maximum absolute atomic E-state index is 6.32. The molecule has 0 amide bonds. The van der Waals surface area contributed by atoms with Gasteiger partial charge in [-0.05, 0) is 30.5 Å². The largest absolute Gasteiger partial charge is 0.490 e. The van der Waals surface area contributed by atoms with Crippen LogP contribution in [-0.4, -0.2) is 6.10 Å². The monoisotopic (exact) mass is 275 g/mol. The van der Waals surface area contributed by atoms with Crippen molar-refractivity contribution < 1.29 is 4.74 Å². The van der Waals surface area contributed by atoms with Crippen LogP contribution in [0.25, 0.3) is 0 Å². The van der Waals surface area contributed by atoms with Gasteiger partial charge in [0.1, 0.15) is 11.9 Å². The number of fused-ring (bicyclic) bond motifs is 1. The Hall–Kier alpha value is -1.02. The molecular weight excluding hydrogens is 246 g/mol. The Morgan fingerprint density at radius 3 is 2.75 bits per heavy atom. The molecule has 0 aliphatic carbocycles. The van der Waals surface area contributed by atoms with E-state index in [9.17, 15) is 0 Å². The van der Waals surface area contributed by atoms with Crippen molar-refractivity contribution >= 4 is 0 Å². The van der Waals surface area contributed by atoms with Crippen LogP contribution in [0, 0.1) is 0 Å². The number of benzene rings is 1. The molecule has 20 heavy (non-hydrogen) atoms. The Bertz CT molecular complexity index is 416. The van der Waals surface area contributed by atoms with Gasteiger partial charge >= 0.3 is 0 Å². The van der Waals surface area contributed by atoms with Crippen molar-refractivity contribution in [1.82, 2.24) is 0 Å². The second-order valence-corrected chi connectivity index (χ2v) is 6.16. The highest BCUT2D eigenvalue weighted by Gasteiger charge is 2.19. The summed E-state index contributed by atoms with van der Waals surface area (Å²) < 4.78 is 5.74. The second-order valence-electron chi connectivity index (χ2n) is 6.16. The third-order valence-corrected chi connectivity index (χ3v) is 4.22. The van der Waals surface area contributed by atoms with Gasteiger partial charge in [0.2, 0.25) is 0 Å².